The number of amides is 3. The standard InChI is InChI=1S/C34H36N8O3/c1-21(2)38-29-16-30(42-13-8-25-15-23(17-35)18-37-32(25)42)36-19-28(29)34(45)39-26-9-11-41(12-10-26)20-22-4-3-5-24(14-22)27-6-7-31(43)40-33(27)44/h3-5,8,13-16,18-19,21,26-27H,6-7,9-12,20H2,1-2H3,(H,36,38)(H,39,45)(H,40,43,44). The van der Waals surface area contributed by atoms with Crippen molar-refractivity contribution in [2.75, 3.05) is 18.4 Å². The highest BCUT2D eigenvalue weighted by Crippen LogP contribution is 2.27. The van der Waals surface area contributed by atoms with Crippen molar-refractivity contribution >= 4 is 34.4 Å². The van der Waals surface area contributed by atoms with Gasteiger partial charge in [-0.3, -0.25) is 29.2 Å². The SMILES string of the molecule is CC(C)Nc1cc(-n2ccc3cc(C#N)cnc32)ncc1C(=O)NC1CCN(Cc2cccc(C3CCC(=O)NC3=O)c2)CC1. The summed E-state index contributed by atoms with van der Waals surface area (Å²) in [5.41, 5.74) is 4.43. The number of fused-ring (bicyclic) bond motifs is 1. The Morgan fingerprint density at radius 2 is 1.91 bits per heavy atom. The van der Waals surface area contributed by atoms with E-state index in [0.717, 1.165) is 49.0 Å². The van der Waals surface area contributed by atoms with Crippen LogP contribution in [0.15, 0.2) is 61.1 Å². The molecule has 11 heteroatoms. The van der Waals surface area contributed by atoms with E-state index in [-0.39, 0.29) is 35.7 Å². The second-order valence-corrected chi connectivity index (χ2v) is 12.1. The fourth-order valence-electron chi connectivity index (χ4n) is 6.13. The van der Waals surface area contributed by atoms with Crippen LogP contribution in [0.4, 0.5) is 5.69 Å². The van der Waals surface area contributed by atoms with Crippen molar-refractivity contribution < 1.29 is 14.4 Å². The molecule has 45 heavy (non-hydrogen) atoms. The Balaban J connectivity index is 1.09. The number of nitrogens with one attached hydrogen (secondary N) is 3. The van der Waals surface area contributed by atoms with Crippen LogP contribution in [0.25, 0.3) is 16.9 Å². The van der Waals surface area contributed by atoms with Crippen molar-refractivity contribution in [2.45, 2.75) is 64.1 Å². The monoisotopic (exact) mass is 604 g/mol. The molecule has 2 aliphatic rings. The molecule has 5 heterocycles. The molecule has 1 unspecified atom stereocenters. The van der Waals surface area contributed by atoms with E-state index in [9.17, 15) is 19.6 Å². The first kappa shape index (κ1) is 30.0. The number of piperidine rings is 2. The molecule has 2 saturated heterocycles. The first-order valence-electron chi connectivity index (χ1n) is 15.4. The minimum atomic E-state index is -0.292. The number of hydrogen-bond acceptors (Lipinski definition) is 8. The van der Waals surface area contributed by atoms with E-state index >= 15 is 0 Å². The van der Waals surface area contributed by atoms with E-state index in [4.69, 9.17) is 0 Å². The second-order valence-electron chi connectivity index (χ2n) is 12.1. The lowest BCUT2D eigenvalue weighted by Crippen LogP contribution is -2.44. The summed E-state index contributed by atoms with van der Waals surface area (Å²) in [6.07, 6.45) is 7.55. The Hall–Kier alpha value is -5.08. The molecule has 4 aromatic rings. The maximum atomic E-state index is 13.5. The van der Waals surface area contributed by atoms with Crippen molar-refractivity contribution in [3.63, 3.8) is 0 Å². The number of pyridine rings is 2. The largest absolute Gasteiger partial charge is 0.382 e. The number of hydrogen-bond donors (Lipinski definition) is 3. The van der Waals surface area contributed by atoms with E-state index in [1.807, 2.05) is 48.9 Å². The lowest BCUT2D eigenvalue weighted by molar-refractivity contribution is -0.134. The summed E-state index contributed by atoms with van der Waals surface area (Å²) in [4.78, 5) is 48.8. The summed E-state index contributed by atoms with van der Waals surface area (Å²) in [6.45, 7) is 6.48. The highest BCUT2D eigenvalue weighted by molar-refractivity contribution is 6.01. The summed E-state index contributed by atoms with van der Waals surface area (Å²) in [5, 5.41) is 19.1. The zero-order valence-corrected chi connectivity index (χ0v) is 25.4. The predicted molar refractivity (Wildman–Crippen MR) is 170 cm³/mol. The number of likely N-dealkylation sites (tertiary alicyclic amines) is 1. The van der Waals surface area contributed by atoms with E-state index < -0.39 is 0 Å². The molecular formula is C34H36N8O3. The summed E-state index contributed by atoms with van der Waals surface area (Å²) < 4.78 is 1.85. The number of rotatable bonds is 8. The number of aromatic nitrogens is 3. The van der Waals surface area contributed by atoms with Gasteiger partial charge >= 0.3 is 0 Å². The molecular weight excluding hydrogens is 568 g/mol. The Labute approximate surface area is 261 Å². The number of imide groups is 1. The van der Waals surface area contributed by atoms with Crippen molar-refractivity contribution in [3.8, 4) is 11.9 Å². The Bertz CT molecular complexity index is 1800. The number of nitrogens with zero attached hydrogens (tertiary/aromatic N) is 5. The fraction of sp³-hybridized carbons (Fsp3) is 0.353. The van der Waals surface area contributed by atoms with Crippen molar-refractivity contribution in [1.82, 2.24) is 30.1 Å². The third kappa shape index (κ3) is 6.71. The normalized spacial score (nSPS) is 17.7. The van der Waals surface area contributed by atoms with Gasteiger partial charge in [-0.2, -0.15) is 5.26 Å². The first-order valence-corrected chi connectivity index (χ1v) is 15.4. The summed E-state index contributed by atoms with van der Waals surface area (Å²) in [7, 11) is 0. The summed E-state index contributed by atoms with van der Waals surface area (Å²) >= 11 is 0. The molecule has 0 spiro atoms. The molecule has 2 aliphatic heterocycles. The molecule has 230 valence electrons. The van der Waals surface area contributed by atoms with Gasteiger partial charge in [0.05, 0.1) is 22.7 Å². The number of anilines is 1. The molecule has 6 rings (SSSR count). The molecule has 0 saturated carbocycles. The lowest BCUT2D eigenvalue weighted by Gasteiger charge is -2.32. The zero-order chi connectivity index (χ0) is 31.5. The Morgan fingerprint density at radius 3 is 2.67 bits per heavy atom. The second kappa shape index (κ2) is 12.9. The smallest absolute Gasteiger partial charge is 0.255 e. The number of carbonyl (C=O) groups excluding carboxylic acids is 3. The van der Waals surface area contributed by atoms with Crippen LogP contribution in [-0.4, -0.2) is 62.3 Å². The number of carbonyl (C=O) groups is 3. The van der Waals surface area contributed by atoms with Gasteiger partial charge in [0.1, 0.15) is 17.5 Å². The molecule has 2 fully saturated rings. The summed E-state index contributed by atoms with van der Waals surface area (Å²) in [6, 6.07) is 15.9. The molecule has 0 radical (unpaired) electrons. The Morgan fingerprint density at radius 1 is 1.09 bits per heavy atom. The minimum absolute atomic E-state index is 0.0436. The van der Waals surface area contributed by atoms with Crippen LogP contribution in [0, 0.1) is 11.3 Å². The van der Waals surface area contributed by atoms with Gasteiger partial charge in [0, 0.05) is 68.2 Å². The van der Waals surface area contributed by atoms with Crippen LogP contribution < -0.4 is 16.0 Å². The van der Waals surface area contributed by atoms with Crippen LogP contribution in [0.5, 0.6) is 0 Å². The average Bonchev–Trinajstić information content (AvgIpc) is 3.45. The quantitative estimate of drug-likeness (QED) is 0.256. The first-order chi connectivity index (χ1) is 21.8. The number of nitriles is 1. The van der Waals surface area contributed by atoms with E-state index in [1.54, 1.807) is 12.3 Å². The van der Waals surface area contributed by atoms with Crippen LogP contribution in [-0.2, 0) is 16.1 Å². The average molecular weight is 605 g/mol. The molecule has 1 atom stereocenters. The van der Waals surface area contributed by atoms with Gasteiger partial charge in [-0.25, -0.2) is 9.97 Å². The van der Waals surface area contributed by atoms with Crippen LogP contribution in [0.2, 0.25) is 0 Å². The van der Waals surface area contributed by atoms with Gasteiger partial charge in [-0.1, -0.05) is 24.3 Å². The van der Waals surface area contributed by atoms with Crippen LogP contribution >= 0.6 is 0 Å². The maximum absolute atomic E-state index is 13.5. The van der Waals surface area contributed by atoms with Crippen LogP contribution in [0.3, 0.4) is 0 Å². The van der Waals surface area contributed by atoms with Crippen molar-refractivity contribution in [2.24, 2.45) is 0 Å². The van der Waals surface area contributed by atoms with Gasteiger partial charge < -0.3 is 10.6 Å². The molecule has 11 nitrogen and oxygen atoms in total. The lowest BCUT2D eigenvalue weighted by atomic mass is 9.89. The maximum Gasteiger partial charge on any atom is 0.255 e. The zero-order valence-electron chi connectivity index (χ0n) is 25.4. The van der Waals surface area contributed by atoms with Crippen LogP contribution in [0.1, 0.15) is 72.5 Å². The molecule has 3 N–H and O–H groups in total. The third-order valence-electron chi connectivity index (χ3n) is 8.40. The van der Waals surface area contributed by atoms with Gasteiger partial charge in [0.2, 0.25) is 11.8 Å². The molecule has 0 aliphatic carbocycles. The van der Waals surface area contributed by atoms with Crippen molar-refractivity contribution in [3.05, 3.63) is 83.3 Å². The van der Waals surface area contributed by atoms with Gasteiger partial charge in [0.15, 0.2) is 0 Å². The van der Waals surface area contributed by atoms with E-state index in [1.165, 1.54) is 6.20 Å². The van der Waals surface area contributed by atoms with E-state index in [0.29, 0.717) is 41.1 Å². The van der Waals surface area contributed by atoms with Gasteiger partial charge in [-0.15, -0.1) is 0 Å². The molecule has 1 aromatic carbocycles. The predicted octanol–water partition coefficient (Wildman–Crippen LogP) is 4.03. The van der Waals surface area contributed by atoms with E-state index in [2.05, 4.69) is 49.0 Å². The number of benzene rings is 1. The highest BCUT2D eigenvalue weighted by atomic mass is 16.2. The molecule has 3 amide bonds. The topological polar surface area (TPSA) is 145 Å². The molecule has 3 aromatic heterocycles. The van der Waals surface area contributed by atoms with Crippen molar-refractivity contribution in [1.29, 1.82) is 5.26 Å². The Kier molecular flexibility index (Phi) is 8.58. The molecule has 0 bridgehead atoms. The van der Waals surface area contributed by atoms with Gasteiger partial charge in [-0.05, 0) is 56.4 Å². The minimum Gasteiger partial charge on any atom is -0.382 e. The highest BCUT2D eigenvalue weighted by Gasteiger charge is 2.28. The summed E-state index contributed by atoms with van der Waals surface area (Å²) in [5.74, 6) is -0.262. The third-order valence-corrected chi connectivity index (χ3v) is 8.40. The van der Waals surface area contributed by atoms with Gasteiger partial charge in [0.25, 0.3) is 5.91 Å². The fourth-order valence-corrected chi connectivity index (χ4v) is 6.13.